The quantitative estimate of drug-likeness (QED) is 0.831. The molecule has 112 valence electrons. The zero-order valence-corrected chi connectivity index (χ0v) is 13.3. The van der Waals surface area contributed by atoms with Gasteiger partial charge in [-0.1, -0.05) is 0 Å². The number of sulfonamides is 1. The van der Waals surface area contributed by atoms with Gasteiger partial charge >= 0.3 is 0 Å². The number of nitrogens with one attached hydrogen (secondary N) is 1. The summed E-state index contributed by atoms with van der Waals surface area (Å²) in [7, 11) is -2.19. The van der Waals surface area contributed by atoms with E-state index in [1.165, 1.54) is 4.31 Å². The highest BCUT2D eigenvalue weighted by atomic mass is 79.9. The number of nitrogens with zero attached hydrogens (tertiary/aromatic N) is 1. The number of likely N-dealkylation sites (N-methyl/N-ethyl adjacent to an activating group) is 1. The fourth-order valence-electron chi connectivity index (χ4n) is 2.24. The van der Waals surface area contributed by atoms with Crippen molar-refractivity contribution in [1.82, 2.24) is 9.62 Å². The molecule has 0 saturated carbocycles. The van der Waals surface area contributed by atoms with Crippen LogP contribution in [-0.4, -0.2) is 38.9 Å². The summed E-state index contributed by atoms with van der Waals surface area (Å²) in [5.74, 6) is -1.90. The lowest BCUT2D eigenvalue weighted by Gasteiger charge is -2.31. The molecule has 1 aliphatic rings. The van der Waals surface area contributed by atoms with Crippen LogP contribution in [0.25, 0.3) is 0 Å². The first-order valence-electron chi connectivity index (χ1n) is 6.18. The predicted molar refractivity (Wildman–Crippen MR) is 74.9 cm³/mol. The zero-order valence-electron chi connectivity index (χ0n) is 10.9. The largest absolute Gasteiger partial charge is 0.316 e. The van der Waals surface area contributed by atoms with Crippen LogP contribution in [0.3, 0.4) is 0 Å². The molecule has 1 heterocycles. The smallest absolute Gasteiger partial charge is 0.246 e. The molecule has 2 rings (SSSR count). The number of halogens is 3. The van der Waals surface area contributed by atoms with Crippen LogP contribution >= 0.6 is 15.9 Å². The second kappa shape index (κ2) is 6.05. The molecule has 0 aliphatic carbocycles. The number of hydrogen-bond donors (Lipinski definition) is 1. The minimum Gasteiger partial charge on any atom is -0.316 e. The third-order valence-corrected chi connectivity index (χ3v) is 5.87. The van der Waals surface area contributed by atoms with Gasteiger partial charge in [0.15, 0.2) is 0 Å². The molecule has 4 nitrogen and oxygen atoms in total. The standard InChI is InChI=1S/C12H15BrF2N2O2S/c1-16-8-3-2-4-17(7-8)20(18,19)12-5-9(13)10(14)6-11(12)15/h5-6,8,16H,2-4,7H2,1H3. The van der Waals surface area contributed by atoms with E-state index in [-0.39, 0.29) is 17.1 Å². The summed E-state index contributed by atoms with van der Waals surface area (Å²) in [5.41, 5.74) is 0. The summed E-state index contributed by atoms with van der Waals surface area (Å²) in [5, 5.41) is 3.02. The van der Waals surface area contributed by atoms with E-state index in [0.717, 1.165) is 12.5 Å². The Kier molecular flexibility index (Phi) is 4.78. The Morgan fingerprint density at radius 1 is 1.35 bits per heavy atom. The van der Waals surface area contributed by atoms with Crippen LogP contribution in [0.1, 0.15) is 12.8 Å². The third-order valence-electron chi connectivity index (χ3n) is 3.39. The Bertz CT molecular complexity index is 610. The van der Waals surface area contributed by atoms with Crippen molar-refractivity contribution in [2.45, 2.75) is 23.8 Å². The van der Waals surface area contributed by atoms with Gasteiger partial charge in [-0.3, -0.25) is 0 Å². The maximum atomic E-state index is 13.8. The summed E-state index contributed by atoms with van der Waals surface area (Å²) in [6, 6.07) is 1.60. The monoisotopic (exact) mass is 368 g/mol. The van der Waals surface area contributed by atoms with Gasteiger partial charge in [-0.2, -0.15) is 4.31 Å². The van der Waals surface area contributed by atoms with Gasteiger partial charge in [0.25, 0.3) is 0 Å². The number of piperidine rings is 1. The maximum absolute atomic E-state index is 13.8. The first kappa shape index (κ1) is 15.8. The molecule has 1 saturated heterocycles. The van der Waals surface area contributed by atoms with E-state index in [9.17, 15) is 17.2 Å². The molecule has 1 N–H and O–H groups in total. The van der Waals surface area contributed by atoms with Crippen molar-refractivity contribution in [1.29, 1.82) is 0 Å². The van der Waals surface area contributed by atoms with Crippen LogP contribution in [0.4, 0.5) is 8.78 Å². The zero-order chi connectivity index (χ0) is 14.9. The molecule has 0 amide bonds. The van der Waals surface area contributed by atoms with E-state index in [1.54, 1.807) is 7.05 Å². The average molecular weight is 369 g/mol. The summed E-state index contributed by atoms with van der Waals surface area (Å²) in [6.45, 7) is 0.627. The summed E-state index contributed by atoms with van der Waals surface area (Å²) >= 11 is 2.89. The van der Waals surface area contributed by atoms with E-state index >= 15 is 0 Å². The van der Waals surface area contributed by atoms with Crippen molar-refractivity contribution in [3.63, 3.8) is 0 Å². The molecule has 1 unspecified atom stereocenters. The first-order valence-corrected chi connectivity index (χ1v) is 8.41. The average Bonchev–Trinajstić information content (AvgIpc) is 2.42. The molecule has 0 aromatic heterocycles. The Balaban J connectivity index is 2.37. The second-order valence-electron chi connectivity index (χ2n) is 4.69. The van der Waals surface area contributed by atoms with E-state index < -0.39 is 26.6 Å². The van der Waals surface area contributed by atoms with Crippen LogP contribution in [0.15, 0.2) is 21.5 Å². The molecule has 0 radical (unpaired) electrons. The fourth-order valence-corrected chi connectivity index (χ4v) is 4.33. The Labute approximate surface area is 125 Å². The van der Waals surface area contributed by atoms with Crippen LogP contribution in [0, 0.1) is 11.6 Å². The van der Waals surface area contributed by atoms with Crippen LogP contribution in [0.5, 0.6) is 0 Å². The molecular formula is C12H15BrF2N2O2S. The second-order valence-corrected chi connectivity index (χ2v) is 7.45. The molecule has 1 aromatic carbocycles. The van der Waals surface area contributed by atoms with Crippen molar-refractivity contribution in [3.05, 3.63) is 28.2 Å². The molecule has 20 heavy (non-hydrogen) atoms. The summed E-state index contributed by atoms with van der Waals surface area (Å²) in [4.78, 5) is -0.498. The van der Waals surface area contributed by atoms with Crippen molar-refractivity contribution >= 4 is 26.0 Å². The van der Waals surface area contributed by atoms with Gasteiger partial charge in [0.2, 0.25) is 10.0 Å². The van der Waals surface area contributed by atoms with Crippen molar-refractivity contribution in [3.8, 4) is 0 Å². The van der Waals surface area contributed by atoms with E-state index in [2.05, 4.69) is 21.2 Å². The van der Waals surface area contributed by atoms with Gasteiger partial charge in [0.1, 0.15) is 16.5 Å². The van der Waals surface area contributed by atoms with Crippen LogP contribution in [-0.2, 0) is 10.0 Å². The molecule has 1 aliphatic heterocycles. The van der Waals surface area contributed by atoms with Crippen molar-refractivity contribution in [2.75, 3.05) is 20.1 Å². The lowest BCUT2D eigenvalue weighted by atomic mass is 10.1. The van der Waals surface area contributed by atoms with Gasteiger partial charge in [-0.25, -0.2) is 17.2 Å². The summed E-state index contributed by atoms with van der Waals surface area (Å²) in [6.07, 6.45) is 1.58. The van der Waals surface area contributed by atoms with Crippen molar-refractivity contribution < 1.29 is 17.2 Å². The lowest BCUT2D eigenvalue weighted by Crippen LogP contribution is -2.47. The van der Waals surface area contributed by atoms with E-state index in [0.29, 0.717) is 19.0 Å². The lowest BCUT2D eigenvalue weighted by molar-refractivity contribution is 0.292. The number of benzene rings is 1. The predicted octanol–water partition coefficient (Wildman–Crippen LogP) is 2.10. The SMILES string of the molecule is CNC1CCCN(S(=O)(=O)c2cc(Br)c(F)cc2F)C1. The van der Waals surface area contributed by atoms with Crippen LogP contribution < -0.4 is 5.32 Å². The molecule has 0 spiro atoms. The number of hydrogen-bond acceptors (Lipinski definition) is 3. The minimum absolute atomic E-state index is 0.0467. The third kappa shape index (κ3) is 3.03. The molecular weight excluding hydrogens is 354 g/mol. The maximum Gasteiger partial charge on any atom is 0.246 e. The van der Waals surface area contributed by atoms with Crippen molar-refractivity contribution in [2.24, 2.45) is 0 Å². The molecule has 8 heteroatoms. The molecule has 0 bridgehead atoms. The van der Waals surface area contributed by atoms with E-state index in [4.69, 9.17) is 0 Å². The Morgan fingerprint density at radius 3 is 2.70 bits per heavy atom. The molecule has 1 aromatic rings. The first-order chi connectivity index (χ1) is 9.36. The highest BCUT2D eigenvalue weighted by Crippen LogP contribution is 2.27. The van der Waals surface area contributed by atoms with Crippen LogP contribution in [0.2, 0.25) is 0 Å². The van der Waals surface area contributed by atoms with Gasteiger partial charge < -0.3 is 5.32 Å². The molecule has 1 fully saturated rings. The Morgan fingerprint density at radius 2 is 2.05 bits per heavy atom. The highest BCUT2D eigenvalue weighted by molar-refractivity contribution is 9.10. The minimum atomic E-state index is -3.95. The molecule has 1 atom stereocenters. The Hall–Kier alpha value is -0.570. The van der Waals surface area contributed by atoms with E-state index in [1.807, 2.05) is 0 Å². The number of rotatable bonds is 3. The topological polar surface area (TPSA) is 49.4 Å². The fraction of sp³-hybridized carbons (Fsp3) is 0.500. The van der Waals surface area contributed by atoms with Gasteiger partial charge in [0, 0.05) is 25.2 Å². The highest BCUT2D eigenvalue weighted by Gasteiger charge is 2.32. The van der Waals surface area contributed by atoms with Gasteiger partial charge in [0.05, 0.1) is 4.47 Å². The van der Waals surface area contributed by atoms with Gasteiger partial charge in [-0.15, -0.1) is 0 Å². The van der Waals surface area contributed by atoms with Gasteiger partial charge in [-0.05, 0) is 41.9 Å². The summed E-state index contributed by atoms with van der Waals surface area (Å²) < 4.78 is 53.0. The normalized spacial score (nSPS) is 21.1.